The van der Waals surface area contributed by atoms with Crippen LogP contribution in [0, 0.1) is 0 Å². The van der Waals surface area contributed by atoms with Crippen molar-refractivity contribution in [1.82, 2.24) is 14.8 Å². The molecule has 0 amide bonds. The third-order valence-corrected chi connectivity index (χ3v) is 2.19. The van der Waals surface area contributed by atoms with Crippen molar-refractivity contribution in [3.05, 3.63) is 36.3 Å². The van der Waals surface area contributed by atoms with Crippen molar-refractivity contribution < 1.29 is 4.74 Å². The van der Waals surface area contributed by atoms with Crippen LogP contribution in [0.15, 0.2) is 30.7 Å². The van der Waals surface area contributed by atoms with Gasteiger partial charge in [0.2, 0.25) is 5.88 Å². The molecule has 0 bridgehead atoms. The van der Waals surface area contributed by atoms with E-state index in [2.05, 4.69) is 10.1 Å². The fraction of sp³-hybridized carbons (Fsp3) is 0.273. The first-order valence-corrected chi connectivity index (χ1v) is 5.04. The van der Waals surface area contributed by atoms with Gasteiger partial charge in [0.05, 0.1) is 12.4 Å². The average molecular weight is 218 g/mol. The summed E-state index contributed by atoms with van der Waals surface area (Å²) in [6.45, 7) is 1.90. The largest absolute Gasteiger partial charge is 0.435 e. The first-order valence-electron chi connectivity index (χ1n) is 5.04. The molecule has 0 saturated heterocycles. The van der Waals surface area contributed by atoms with E-state index in [-0.39, 0.29) is 6.04 Å². The summed E-state index contributed by atoms with van der Waals surface area (Å²) in [5, 5.41) is 4.02. The number of rotatable bonds is 3. The quantitative estimate of drug-likeness (QED) is 0.850. The summed E-state index contributed by atoms with van der Waals surface area (Å²) in [5.74, 6) is 1.19. The predicted octanol–water partition coefficient (Wildman–Crippen LogP) is 1.63. The molecule has 0 fully saturated rings. The van der Waals surface area contributed by atoms with Crippen LogP contribution in [0.5, 0.6) is 11.6 Å². The number of ether oxygens (including phenoxy) is 1. The predicted molar refractivity (Wildman–Crippen MR) is 60.1 cm³/mol. The van der Waals surface area contributed by atoms with E-state index in [9.17, 15) is 0 Å². The van der Waals surface area contributed by atoms with Crippen LogP contribution in [0.2, 0.25) is 0 Å². The van der Waals surface area contributed by atoms with Crippen LogP contribution in [0.3, 0.4) is 0 Å². The molecule has 5 heteroatoms. The summed E-state index contributed by atoms with van der Waals surface area (Å²) in [6, 6.07) is 3.64. The van der Waals surface area contributed by atoms with E-state index >= 15 is 0 Å². The maximum Gasteiger partial charge on any atom is 0.224 e. The Morgan fingerprint density at radius 3 is 2.94 bits per heavy atom. The Kier molecular flexibility index (Phi) is 2.87. The van der Waals surface area contributed by atoms with Crippen LogP contribution in [0.1, 0.15) is 18.5 Å². The van der Waals surface area contributed by atoms with E-state index in [1.165, 1.54) is 0 Å². The lowest BCUT2D eigenvalue weighted by Gasteiger charge is -2.10. The molecule has 1 atom stereocenters. The molecule has 0 radical (unpaired) electrons. The van der Waals surface area contributed by atoms with Gasteiger partial charge in [-0.25, -0.2) is 4.98 Å². The molecule has 5 nitrogen and oxygen atoms in total. The molecule has 2 aromatic heterocycles. The summed E-state index contributed by atoms with van der Waals surface area (Å²) >= 11 is 0. The first-order chi connectivity index (χ1) is 7.66. The van der Waals surface area contributed by atoms with Crippen LogP contribution >= 0.6 is 0 Å². The Morgan fingerprint density at radius 2 is 2.31 bits per heavy atom. The normalized spacial score (nSPS) is 12.4. The van der Waals surface area contributed by atoms with E-state index in [0.717, 1.165) is 5.56 Å². The zero-order valence-corrected chi connectivity index (χ0v) is 9.29. The molecule has 2 heterocycles. The van der Waals surface area contributed by atoms with Gasteiger partial charge in [0.15, 0.2) is 5.75 Å². The van der Waals surface area contributed by atoms with E-state index in [1.807, 2.05) is 26.1 Å². The van der Waals surface area contributed by atoms with Crippen molar-refractivity contribution in [3.63, 3.8) is 0 Å². The minimum Gasteiger partial charge on any atom is -0.435 e. The monoisotopic (exact) mass is 218 g/mol. The van der Waals surface area contributed by atoms with Gasteiger partial charge in [-0.2, -0.15) is 5.10 Å². The molecule has 0 saturated carbocycles. The highest BCUT2D eigenvalue weighted by Crippen LogP contribution is 2.25. The van der Waals surface area contributed by atoms with Gasteiger partial charge in [-0.1, -0.05) is 6.07 Å². The van der Waals surface area contributed by atoms with Crippen molar-refractivity contribution in [1.29, 1.82) is 0 Å². The van der Waals surface area contributed by atoms with Gasteiger partial charge >= 0.3 is 0 Å². The van der Waals surface area contributed by atoms with Gasteiger partial charge in [0, 0.05) is 24.8 Å². The summed E-state index contributed by atoms with van der Waals surface area (Å²) < 4.78 is 7.29. The molecule has 0 aliphatic rings. The number of aromatic nitrogens is 3. The number of aryl methyl sites for hydroxylation is 1. The van der Waals surface area contributed by atoms with Crippen molar-refractivity contribution in [3.8, 4) is 11.6 Å². The van der Waals surface area contributed by atoms with Crippen LogP contribution in [-0.4, -0.2) is 14.8 Å². The molecule has 2 aromatic rings. The Labute approximate surface area is 93.9 Å². The molecule has 2 N–H and O–H groups in total. The van der Waals surface area contributed by atoms with E-state index < -0.39 is 0 Å². The molecule has 0 aromatic carbocycles. The van der Waals surface area contributed by atoms with Crippen molar-refractivity contribution in [2.45, 2.75) is 13.0 Å². The molecule has 0 aliphatic heterocycles. The minimum atomic E-state index is -0.111. The summed E-state index contributed by atoms with van der Waals surface area (Å²) in [7, 11) is 1.83. The Morgan fingerprint density at radius 1 is 1.50 bits per heavy atom. The maximum absolute atomic E-state index is 5.83. The molecule has 16 heavy (non-hydrogen) atoms. The standard InChI is InChI=1S/C11H14N4O/c1-8(12)10-4-3-5-13-11(10)16-9-6-14-15(2)7-9/h3-8H,12H2,1-2H3/t8-/m0/s1. The van der Waals surface area contributed by atoms with Crippen LogP contribution in [-0.2, 0) is 7.05 Å². The topological polar surface area (TPSA) is 66.0 Å². The third-order valence-electron chi connectivity index (χ3n) is 2.19. The smallest absolute Gasteiger partial charge is 0.224 e. The summed E-state index contributed by atoms with van der Waals surface area (Å²) in [5.41, 5.74) is 6.71. The molecular formula is C11H14N4O. The number of hydrogen-bond donors (Lipinski definition) is 1. The van der Waals surface area contributed by atoms with E-state index in [1.54, 1.807) is 23.3 Å². The Hall–Kier alpha value is -1.88. The molecule has 0 unspecified atom stereocenters. The third kappa shape index (κ3) is 2.20. The van der Waals surface area contributed by atoms with Gasteiger partial charge in [-0.3, -0.25) is 4.68 Å². The fourth-order valence-corrected chi connectivity index (χ4v) is 1.40. The van der Waals surface area contributed by atoms with Crippen LogP contribution in [0.25, 0.3) is 0 Å². The van der Waals surface area contributed by atoms with Crippen molar-refractivity contribution in [2.75, 3.05) is 0 Å². The molecule has 84 valence electrons. The minimum absolute atomic E-state index is 0.111. The van der Waals surface area contributed by atoms with Gasteiger partial charge in [0.1, 0.15) is 0 Å². The molecule has 0 spiro atoms. The average Bonchev–Trinajstić information content (AvgIpc) is 2.64. The second kappa shape index (κ2) is 4.32. The van der Waals surface area contributed by atoms with Gasteiger partial charge in [0.25, 0.3) is 0 Å². The Balaban J connectivity index is 2.27. The fourth-order valence-electron chi connectivity index (χ4n) is 1.40. The summed E-state index contributed by atoms with van der Waals surface area (Å²) in [4.78, 5) is 4.17. The van der Waals surface area contributed by atoms with Crippen molar-refractivity contribution in [2.24, 2.45) is 12.8 Å². The van der Waals surface area contributed by atoms with Crippen LogP contribution < -0.4 is 10.5 Å². The van der Waals surface area contributed by atoms with Gasteiger partial charge < -0.3 is 10.5 Å². The van der Waals surface area contributed by atoms with Gasteiger partial charge in [-0.05, 0) is 13.0 Å². The lowest BCUT2D eigenvalue weighted by molar-refractivity contribution is 0.451. The molecular weight excluding hydrogens is 204 g/mol. The first kappa shape index (κ1) is 10.6. The van der Waals surface area contributed by atoms with Gasteiger partial charge in [-0.15, -0.1) is 0 Å². The van der Waals surface area contributed by atoms with Crippen LogP contribution in [0.4, 0.5) is 0 Å². The lowest BCUT2D eigenvalue weighted by atomic mass is 10.1. The highest BCUT2D eigenvalue weighted by atomic mass is 16.5. The maximum atomic E-state index is 5.83. The highest BCUT2D eigenvalue weighted by Gasteiger charge is 2.10. The highest BCUT2D eigenvalue weighted by molar-refractivity contribution is 5.31. The number of hydrogen-bond acceptors (Lipinski definition) is 4. The molecule has 0 aliphatic carbocycles. The second-order valence-electron chi connectivity index (χ2n) is 3.64. The molecule has 2 rings (SSSR count). The number of nitrogens with zero attached hydrogens (tertiary/aromatic N) is 3. The zero-order valence-electron chi connectivity index (χ0n) is 9.29. The van der Waals surface area contributed by atoms with Crippen molar-refractivity contribution >= 4 is 0 Å². The summed E-state index contributed by atoms with van der Waals surface area (Å²) in [6.07, 6.45) is 5.09. The lowest BCUT2D eigenvalue weighted by Crippen LogP contribution is -2.07. The SMILES string of the molecule is C[C@H](N)c1cccnc1Oc1cnn(C)c1. The Bertz CT molecular complexity index is 478. The van der Waals surface area contributed by atoms with E-state index in [4.69, 9.17) is 10.5 Å². The number of pyridine rings is 1. The number of nitrogens with two attached hydrogens (primary N) is 1. The zero-order chi connectivity index (χ0) is 11.5. The van der Waals surface area contributed by atoms with E-state index in [0.29, 0.717) is 11.6 Å². The second-order valence-corrected chi connectivity index (χ2v) is 3.64.